The number of benzene rings is 1. The molecule has 138 valence electrons. The van der Waals surface area contributed by atoms with Crippen molar-refractivity contribution in [1.29, 1.82) is 0 Å². The van der Waals surface area contributed by atoms with E-state index in [1.165, 1.54) is 12.7 Å². The lowest BCUT2D eigenvalue weighted by molar-refractivity contribution is 0.0952. The van der Waals surface area contributed by atoms with Crippen molar-refractivity contribution >= 4 is 23.2 Å². The van der Waals surface area contributed by atoms with Crippen LogP contribution in [0.5, 0.6) is 0 Å². The molecule has 6 nitrogen and oxygen atoms in total. The van der Waals surface area contributed by atoms with Crippen LogP contribution in [0.25, 0.3) is 0 Å². The Labute approximate surface area is 153 Å². The molecular formula is C20H25N3O3. The minimum Gasteiger partial charge on any atom is -0.459 e. The van der Waals surface area contributed by atoms with Crippen LogP contribution >= 0.6 is 0 Å². The number of nitrogens with one attached hydrogen (secondary N) is 2. The Bertz CT molecular complexity index is 750. The second-order valence-corrected chi connectivity index (χ2v) is 6.47. The van der Waals surface area contributed by atoms with Gasteiger partial charge in [-0.15, -0.1) is 0 Å². The van der Waals surface area contributed by atoms with Gasteiger partial charge in [0.1, 0.15) is 0 Å². The summed E-state index contributed by atoms with van der Waals surface area (Å²) in [5.41, 5.74) is 2.10. The van der Waals surface area contributed by atoms with Gasteiger partial charge in [0.25, 0.3) is 11.8 Å². The number of carbonyl (C=O) groups is 2. The zero-order chi connectivity index (χ0) is 18.4. The van der Waals surface area contributed by atoms with E-state index in [-0.39, 0.29) is 17.6 Å². The normalized spacial score (nSPS) is 14.1. The SMILES string of the molecule is CCCNC(=O)c1cc(NC(=O)c2ccco2)ccc1N1CCCCC1. The summed E-state index contributed by atoms with van der Waals surface area (Å²) < 4.78 is 5.12. The fraction of sp³-hybridized carbons (Fsp3) is 0.400. The molecule has 0 unspecified atom stereocenters. The van der Waals surface area contributed by atoms with Gasteiger partial charge in [-0.25, -0.2) is 0 Å². The highest BCUT2D eigenvalue weighted by Gasteiger charge is 2.20. The Morgan fingerprint density at radius 2 is 1.92 bits per heavy atom. The number of carbonyl (C=O) groups excluding carboxylic acids is 2. The molecule has 1 saturated heterocycles. The summed E-state index contributed by atoms with van der Waals surface area (Å²) in [7, 11) is 0. The Kier molecular flexibility index (Phi) is 5.94. The summed E-state index contributed by atoms with van der Waals surface area (Å²) in [4.78, 5) is 27.1. The van der Waals surface area contributed by atoms with Gasteiger partial charge in [-0.05, 0) is 56.0 Å². The van der Waals surface area contributed by atoms with Crippen molar-refractivity contribution in [2.24, 2.45) is 0 Å². The highest BCUT2D eigenvalue weighted by molar-refractivity contribution is 6.05. The van der Waals surface area contributed by atoms with Crippen LogP contribution in [0.1, 0.15) is 53.5 Å². The lowest BCUT2D eigenvalue weighted by Crippen LogP contribution is -2.33. The molecule has 1 aromatic heterocycles. The lowest BCUT2D eigenvalue weighted by atomic mass is 10.1. The van der Waals surface area contributed by atoms with Crippen LogP contribution in [0.3, 0.4) is 0 Å². The summed E-state index contributed by atoms with van der Waals surface area (Å²) in [5, 5.41) is 5.73. The highest BCUT2D eigenvalue weighted by Crippen LogP contribution is 2.27. The first kappa shape index (κ1) is 18.0. The van der Waals surface area contributed by atoms with E-state index in [2.05, 4.69) is 15.5 Å². The third-order valence-electron chi connectivity index (χ3n) is 4.48. The van der Waals surface area contributed by atoms with E-state index < -0.39 is 0 Å². The van der Waals surface area contributed by atoms with Gasteiger partial charge < -0.3 is 20.0 Å². The second-order valence-electron chi connectivity index (χ2n) is 6.47. The molecule has 0 bridgehead atoms. The topological polar surface area (TPSA) is 74.6 Å². The van der Waals surface area contributed by atoms with Crippen LogP contribution in [0.2, 0.25) is 0 Å². The predicted molar refractivity (Wildman–Crippen MR) is 102 cm³/mol. The van der Waals surface area contributed by atoms with Crippen LogP contribution in [-0.2, 0) is 0 Å². The van der Waals surface area contributed by atoms with Crippen molar-refractivity contribution in [3.63, 3.8) is 0 Å². The van der Waals surface area contributed by atoms with E-state index in [4.69, 9.17) is 4.42 Å². The third-order valence-corrected chi connectivity index (χ3v) is 4.48. The number of amides is 2. The van der Waals surface area contributed by atoms with Crippen molar-refractivity contribution in [3.8, 4) is 0 Å². The Balaban J connectivity index is 1.85. The Hall–Kier alpha value is -2.76. The fourth-order valence-electron chi connectivity index (χ4n) is 3.14. The summed E-state index contributed by atoms with van der Waals surface area (Å²) in [5.74, 6) is -0.204. The van der Waals surface area contributed by atoms with Gasteiger partial charge >= 0.3 is 0 Å². The van der Waals surface area contributed by atoms with E-state index in [0.29, 0.717) is 17.8 Å². The first-order chi connectivity index (χ1) is 12.7. The summed E-state index contributed by atoms with van der Waals surface area (Å²) in [6.07, 6.45) is 5.82. The molecule has 2 aromatic rings. The molecule has 0 radical (unpaired) electrons. The van der Waals surface area contributed by atoms with E-state index >= 15 is 0 Å². The van der Waals surface area contributed by atoms with E-state index in [0.717, 1.165) is 38.0 Å². The van der Waals surface area contributed by atoms with Gasteiger partial charge in [0.2, 0.25) is 0 Å². The lowest BCUT2D eigenvalue weighted by Gasteiger charge is -2.30. The van der Waals surface area contributed by atoms with E-state index in [1.54, 1.807) is 18.2 Å². The number of hydrogen-bond donors (Lipinski definition) is 2. The first-order valence-electron chi connectivity index (χ1n) is 9.21. The summed E-state index contributed by atoms with van der Waals surface area (Å²) >= 11 is 0. The molecule has 0 saturated carbocycles. The average Bonchev–Trinajstić information content (AvgIpc) is 3.21. The van der Waals surface area contributed by atoms with Crippen molar-refractivity contribution in [2.75, 3.05) is 29.9 Å². The largest absolute Gasteiger partial charge is 0.459 e. The van der Waals surface area contributed by atoms with Crippen LogP contribution in [0.4, 0.5) is 11.4 Å². The molecule has 3 rings (SSSR count). The molecule has 1 aliphatic heterocycles. The molecule has 2 N–H and O–H groups in total. The number of hydrogen-bond acceptors (Lipinski definition) is 4. The molecule has 1 aliphatic rings. The van der Waals surface area contributed by atoms with Crippen molar-refractivity contribution < 1.29 is 14.0 Å². The number of piperidine rings is 1. The Morgan fingerprint density at radius 3 is 2.62 bits per heavy atom. The van der Waals surface area contributed by atoms with Gasteiger partial charge in [-0.2, -0.15) is 0 Å². The van der Waals surface area contributed by atoms with Crippen LogP contribution in [0.15, 0.2) is 41.0 Å². The monoisotopic (exact) mass is 355 g/mol. The third kappa shape index (κ3) is 4.25. The maximum Gasteiger partial charge on any atom is 0.291 e. The zero-order valence-electron chi connectivity index (χ0n) is 15.1. The van der Waals surface area contributed by atoms with Crippen LogP contribution in [-0.4, -0.2) is 31.4 Å². The van der Waals surface area contributed by atoms with Crippen LogP contribution < -0.4 is 15.5 Å². The molecule has 0 spiro atoms. The van der Waals surface area contributed by atoms with E-state index in [1.807, 2.05) is 19.1 Å². The molecule has 2 heterocycles. The first-order valence-corrected chi connectivity index (χ1v) is 9.21. The predicted octanol–water partition coefficient (Wildman–Crippen LogP) is 3.66. The van der Waals surface area contributed by atoms with Gasteiger partial charge in [0, 0.05) is 31.0 Å². The minimum atomic E-state index is -0.333. The minimum absolute atomic E-state index is 0.110. The van der Waals surface area contributed by atoms with E-state index in [9.17, 15) is 9.59 Å². The van der Waals surface area contributed by atoms with Gasteiger partial charge in [0.05, 0.1) is 11.8 Å². The zero-order valence-corrected chi connectivity index (χ0v) is 15.1. The molecule has 0 atom stereocenters. The quantitative estimate of drug-likeness (QED) is 0.829. The smallest absolute Gasteiger partial charge is 0.291 e. The summed E-state index contributed by atoms with van der Waals surface area (Å²) in [6.45, 7) is 4.55. The number of rotatable bonds is 6. The molecule has 26 heavy (non-hydrogen) atoms. The van der Waals surface area contributed by atoms with Crippen molar-refractivity contribution in [2.45, 2.75) is 32.6 Å². The molecule has 1 aromatic carbocycles. The van der Waals surface area contributed by atoms with Crippen molar-refractivity contribution in [1.82, 2.24) is 5.32 Å². The molecule has 2 amide bonds. The second kappa shape index (κ2) is 8.56. The highest BCUT2D eigenvalue weighted by atomic mass is 16.3. The fourth-order valence-corrected chi connectivity index (χ4v) is 3.14. The maximum absolute atomic E-state index is 12.7. The molecule has 1 fully saturated rings. The molecule has 0 aliphatic carbocycles. The van der Waals surface area contributed by atoms with Crippen molar-refractivity contribution in [3.05, 3.63) is 47.9 Å². The Morgan fingerprint density at radius 1 is 1.12 bits per heavy atom. The number of nitrogens with zero attached hydrogens (tertiary/aromatic N) is 1. The van der Waals surface area contributed by atoms with Gasteiger partial charge in [-0.3, -0.25) is 9.59 Å². The van der Waals surface area contributed by atoms with Crippen LogP contribution in [0, 0.1) is 0 Å². The molecular weight excluding hydrogens is 330 g/mol. The standard InChI is InChI=1S/C20H25N3O3/c1-2-10-21-19(24)16-14-15(22-20(25)18-7-6-13-26-18)8-9-17(16)23-11-4-3-5-12-23/h6-9,13-14H,2-5,10-12H2,1H3,(H,21,24)(H,22,25). The number of anilines is 2. The van der Waals surface area contributed by atoms with Gasteiger partial charge in [0.15, 0.2) is 5.76 Å². The van der Waals surface area contributed by atoms with Gasteiger partial charge in [-0.1, -0.05) is 6.92 Å². The molecule has 6 heteroatoms. The number of furan rings is 1. The maximum atomic E-state index is 12.7. The average molecular weight is 355 g/mol. The summed E-state index contributed by atoms with van der Waals surface area (Å²) in [6, 6.07) is 8.77.